The Morgan fingerprint density at radius 2 is 2.17 bits per heavy atom. The molecule has 1 N–H and O–H groups in total. The molecule has 2 atom stereocenters. The van der Waals surface area contributed by atoms with Gasteiger partial charge in [0.05, 0.1) is 0 Å². The molecule has 5 nitrogen and oxygen atoms in total. The Hall–Kier alpha value is -2.24. The summed E-state index contributed by atoms with van der Waals surface area (Å²) in [5, 5.41) is 10.9. The highest BCUT2D eigenvalue weighted by Gasteiger charge is 2.27. The number of halogens is 1. The molecule has 1 aromatic heterocycles. The van der Waals surface area contributed by atoms with E-state index in [-0.39, 0.29) is 17.8 Å². The fourth-order valence-electron chi connectivity index (χ4n) is 3.11. The molecule has 1 amide bonds. The van der Waals surface area contributed by atoms with Crippen molar-refractivity contribution in [3.63, 3.8) is 0 Å². The first-order valence-electron chi connectivity index (χ1n) is 7.87. The molecule has 122 valence electrons. The number of nitrogens with zero attached hydrogens (tertiary/aromatic N) is 2. The van der Waals surface area contributed by atoms with Gasteiger partial charge < -0.3 is 9.73 Å². The second kappa shape index (κ2) is 6.48. The first-order chi connectivity index (χ1) is 11.0. The molecule has 6 heteroatoms. The molecule has 1 aliphatic rings. The fraction of sp³-hybridized carbons (Fsp3) is 0.471. The highest BCUT2D eigenvalue weighted by atomic mass is 19.1. The van der Waals surface area contributed by atoms with Crippen LogP contribution >= 0.6 is 0 Å². The van der Waals surface area contributed by atoms with Gasteiger partial charge in [-0.3, -0.25) is 4.79 Å². The quantitative estimate of drug-likeness (QED) is 0.941. The molecule has 1 aliphatic carbocycles. The third kappa shape index (κ3) is 3.75. The van der Waals surface area contributed by atoms with Crippen LogP contribution < -0.4 is 5.32 Å². The summed E-state index contributed by atoms with van der Waals surface area (Å²) in [6.45, 7) is 3.43. The maximum atomic E-state index is 13.3. The zero-order valence-electron chi connectivity index (χ0n) is 13.3. The van der Waals surface area contributed by atoms with Crippen molar-refractivity contribution in [2.45, 2.75) is 45.6 Å². The maximum Gasteiger partial charge on any atom is 0.251 e. The molecule has 1 heterocycles. The van der Waals surface area contributed by atoms with Crippen molar-refractivity contribution in [3.05, 3.63) is 46.9 Å². The molecule has 0 radical (unpaired) electrons. The highest BCUT2D eigenvalue weighted by molar-refractivity contribution is 5.94. The Morgan fingerprint density at radius 3 is 2.87 bits per heavy atom. The van der Waals surface area contributed by atoms with Gasteiger partial charge in [-0.25, -0.2) is 4.39 Å². The Morgan fingerprint density at radius 1 is 1.35 bits per heavy atom. The molecule has 0 saturated heterocycles. The molecule has 0 spiro atoms. The van der Waals surface area contributed by atoms with Crippen LogP contribution in [0.2, 0.25) is 0 Å². The summed E-state index contributed by atoms with van der Waals surface area (Å²) in [6, 6.07) is 4.57. The number of carbonyl (C=O) groups is 1. The second-order valence-electron chi connectivity index (χ2n) is 6.23. The van der Waals surface area contributed by atoms with Crippen molar-refractivity contribution in [1.29, 1.82) is 0 Å². The van der Waals surface area contributed by atoms with Gasteiger partial charge in [-0.1, -0.05) is 0 Å². The predicted molar refractivity (Wildman–Crippen MR) is 82.5 cm³/mol. The van der Waals surface area contributed by atoms with E-state index in [1.165, 1.54) is 12.1 Å². The van der Waals surface area contributed by atoms with Gasteiger partial charge in [0, 0.05) is 24.9 Å². The van der Waals surface area contributed by atoms with Crippen LogP contribution in [-0.2, 0) is 6.42 Å². The number of rotatable bonds is 4. The summed E-state index contributed by atoms with van der Waals surface area (Å²) in [6.07, 6.45) is 3.61. The van der Waals surface area contributed by atoms with Gasteiger partial charge in [0.2, 0.25) is 11.8 Å². The van der Waals surface area contributed by atoms with Crippen LogP contribution in [0.3, 0.4) is 0 Å². The standard InChI is InChI=1S/C17H20FN3O2/c1-10-7-13(4-6-15(10)18)17(22)19-14-5-3-12(8-14)9-16-21-20-11(2)23-16/h4,6-7,12,14H,3,5,8-9H2,1-2H3,(H,19,22)/t12-,14+/m1/s1. The van der Waals surface area contributed by atoms with Crippen LogP contribution in [0, 0.1) is 25.6 Å². The zero-order chi connectivity index (χ0) is 16.4. The summed E-state index contributed by atoms with van der Waals surface area (Å²) < 4.78 is 18.7. The smallest absolute Gasteiger partial charge is 0.251 e. The number of nitrogens with one attached hydrogen (secondary N) is 1. The molecule has 0 bridgehead atoms. The van der Waals surface area contributed by atoms with Crippen LogP contribution in [0.4, 0.5) is 4.39 Å². The minimum Gasteiger partial charge on any atom is -0.426 e. The molecule has 2 aromatic rings. The number of amides is 1. The molecule has 1 saturated carbocycles. The van der Waals surface area contributed by atoms with Crippen molar-refractivity contribution in [1.82, 2.24) is 15.5 Å². The third-order valence-electron chi connectivity index (χ3n) is 4.33. The molecule has 1 aromatic carbocycles. The van der Waals surface area contributed by atoms with E-state index in [9.17, 15) is 9.18 Å². The molecular weight excluding hydrogens is 297 g/mol. The Bertz CT molecular complexity index is 714. The number of aryl methyl sites for hydroxylation is 2. The van der Waals surface area contributed by atoms with Gasteiger partial charge >= 0.3 is 0 Å². The largest absolute Gasteiger partial charge is 0.426 e. The molecule has 0 unspecified atom stereocenters. The maximum absolute atomic E-state index is 13.3. The van der Waals surface area contributed by atoms with E-state index >= 15 is 0 Å². The lowest BCUT2D eigenvalue weighted by Gasteiger charge is -2.13. The first kappa shape index (κ1) is 15.6. The molecule has 23 heavy (non-hydrogen) atoms. The highest BCUT2D eigenvalue weighted by Crippen LogP contribution is 2.28. The summed E-state index contributed by atoms with van der Waals surface area (Å²) in [5.74, 6) is 1.24. The van der Waals surface area contributed by atoms with E-state index in [0.29, 0.717) is 28.8 Å². The molecule has 0 aliphatic heterocycles. The average Bonchev–Trinajstić information content (AvgIpc) is 3.11. The number of aromatic nitrogens is 2. The topological polar surface area (TPSA) is 68.0 Å². The number of carbonyl (C=O) groups excluding carboxylic acids is 1. The number of hydrogen-bond acceptors (Lipinski definition) is 4. The van der Waals surface area contributed by atoms with E-state index in [1.54, 1.807) is 19.9 Å². The SMILES string of the molecule is Cc1nnc(C[C@@H]2CC[C@H](NC(=O)c3ccc(F)c(C)c3)C2)o1. The lowest BCUT2D eigenvalue weighted by Crippen LogP contribution is -2.33. The van der Waals surface area contributed by atoms with Crippen molar-refractivity contribution in [2.75, 3.05) is 0 Å². The summed E-state index contributed by atoms with van der Waals surface area (Å²) in [7, 11) is 0. The fourth-order valence-corrected chi connectivity index (χ4v) is 3.11. The first-order valence-corrected chi connectivity index (χ1v) is 7.87. The molecule has 3 rings (SSSR count). The van der Waals surface area contributed by atoms with E-state index in [4.69, 9.17) is 4.42 Å². The van der Waals surface area contributed by atoms with Crippen LogP contribution in [0.1, 0.15) is 47.0 Å². The Kier molecular flexibility index (Phi) is 4.41. The van der Waals surface area contributed by atoms with E-state index in [2.05, 4.69) is 15.5 Å². The van der Waals surface area contributed by atoms with E-state index < -0.39 is 0 Å². The third-order valence-corrected chi connectivity index (χ3v) is 4.33. The zero-order valence-corrected chi connectivity index (χ0v) is 13.3. The Balaban J connectivity index is 1.54. The minimum atomic E-state index is -0.294. The minimum absolute atomic E-state index is 0.141. The van der Waals surface area contributed by atoms with Gasteiger partial charge in [0.15, 0.2) is 0 Å². The van der Waals surface area contributed by atoms with E-state index in [0.717, 1.165) is 25.7 Å². The Labute approximate surface area is 134 Å². The number of hydrogen-bond donors (Lipinski definition) is 1. The van der Waals surface area contributed by atoms with Crippen LogP contribution in [0.25, 0.3) is 0 Å². The van der Waals surface area contributed by atoms with Gasteiger partial charge in [-0.15, -0.1) is 10.2 Å². The summed E-state index contributed by atoms with van der Waals surface area (Å²) in [4.78, 5) is 12.3. The van der Waals surface area contributed by atoms with Crippen LogP contribution in [-0.4, -0.2) is 22.1 Å². The normalized spacial score (nSPS) is 20.7. The predicted octanol–water partition coefficient (Wildman–Crippen LogP) is 2.97. The van der Waals surface area contributed by atoms with Crippen molar-refractivity contribution >= 4 is 5.91 Å². The van der Waals surface area contributed by atoms with Gasteiger partial charge in [-0.05, 0) is 55.9 Å². The van der Waals surface area contributed by atoms with Gasteiger partial charge in [0.25, 0.3) is 5.91 Å². The van der Waals surface area contributed by atoms with E-state index in [1.807, 2.05) is 0 Å². The van der Waals surface area contributed by atoms with Crippen molar-refractivity contribution < 1.29 is 13.6 Å². The second-order valence-corrected chi connectivity index (χ2v) is 6.23. The van der Waals surface area contributed by atoms with Crippen molar-refractivity contribution in [2.24, 2.45) is 5.92 Å². The average molecular weight is 317 g/mol. The van der Waals surface area contributed by atoms with Crippen LogP contribution in [0.5, 0.6) is 0 Å². The lowest BCUT2D eigenvalue weighted by molar-refractivity contribution is 0.0937. The van der Waals surface area contributed by atoms with Gasteiger partial charge in [-0.2, -0.15) is 0 Å². The van der Waals surface area contributed by atoms with Gasteiger partial charge in [0.1, 0.15) is 5.82 Å². The van der Waals surface area contributed by atoms with Crippen molar-refractivity contribution in [3.8, 4) is 0 Å². The number of benzene rings is 1. The molecular formula is C17H20FN3O2. The summed E-state index contributed by atoms with van der Waals surface area (Å²) >= 11 is 0. The summed E-state index contributed by atoms with van der Waals surface area (Å²) in [5.41, 5.74) is 0.980. The monoisotopic (exact) mass is 317 g/mol. The lowest BCUT2D eigenvalue weighted by atomic mass is 10.0. The molecule has 1 fully saturated rings. The van der Waals surface area contributed by atoms with Crippen LogP contribution in [0.15, 0.2) is 22.6 Å².